The maximum atomic E-state index is 12.0. The third kappa shape index (κ3) is 5.55. The number of aliphatic hydroxyl groups is 1. The second kappa shape index (κ2) is 7.13. The first-order valence-corrected chi connectivity index (χ1v) is 7.17. The summed E-state index contributed by atoms with van der Waals surface area (Å²) < 4.78 is 39.9. The molecule has 1 aromatic carbocycles. The molecule has 118 valence electrons. The summed E-state index contributed by atoms with van der Waals surface area (Å²) in [4.78, 5) is 0. The quantitative estimate of drug-likeness (QED) is 0.877. The van der Waals surface area contributed by atoms with Gasteiger partial charge in [-0.05, 0) is 36.5 Å². The van der Waals surface area contributed by atoms with Gasteiger partial charge in [0.2, 0.25) is 0 Å². The second-order valence-electron chi connectivity index (χ2n) is 5.43. The van der Waals surface area contributed by atoms with Crippen LogP contribution in [-0.2, 0) is 6.54 Å². The van der Waals surface area contributed by atoms with E-state index in [4.69, 9.17) is 0 Å². The van der Waals surface area contributed by atoms with Crippen molar-refractivity contribution in [3.63, 3.8) is 0 Å². The van der Waals surface area contributed by atoms with E-state index in [0.717, 1.165) is 37.8 Å². The van der Waals surface area contributed by atoms with Crippen molar-refractivity contribution in [3.05, 3.63) is 29.8 Å². The lowest BCUT2D eigenvalue weighted by molar-refractivity contribution is -0.274. The summed E-state index contributed by atoms with van der Waals surface area (Å²) in [7, 11) is 0. The van der Waals surface area contributed by atoms with Crippen molar-refractivity contribution < 1.29 is 23.0 Å². The van der Waals surface area contributed by atoms with Gasteiger partial charge in [-0.15, -0.1) is 13.2 Å². The number of aliphatic hydroxyl groups excluding tert-OH is 1. The molecular weight excluding hydrogens is 283 g/mol. The van der Waals surface area contributed by atoms with Crippen molar-refractivity contribution in [2.75, 3.05) is 6.54 Å². The molecule has 0 saturated heterocycles. The van der Waals surface area contributed by atoms with E-state index in [2.05, 4.69) is 10.1 Å². The molecule has 0 bridgehead atoms. The number of nitrogens with one attached hydrogen (secondary N) is 1. The molecule has 0 spiro atoms. The summed E-state index contributed by atoms with van der Waals surface area (Å²) >= 11 is 0. The molecule has 1 aliphatic rings. The largest absolute Gasteiger partial charge is 0.573 e. The van der Waals surface area contributed by atoms with Gasteiger partial charge >= 0.3 is 6.36 Å². The van der Waals surface area contributed by atoms with E-state index in [1.165, 1.54) is 12.1 Å². The van der Waals surface area contributed by atoms with Gasteiger partial charge in [0.05, 0.1) is 6.10 Å². The van der Waals surface area contributed by atoms with Crippen LogP contribution in [0.5, 0.6) is 5.75 Å². The highest BCUT2D eigenvalue weighted by Gasteiger charge is 2.30. The maximum Gasteiger partial charge on any atom is 0.573 e. The third-order valence-electron chi connectivity index (χ3n) is 3.76. The van der Waals surface area contributed by atoms with E-state index in [1.54, 1.807) is 12.1 Å². The molecule has 6 heteroatoms. The molecule has 2 rings (SSSR count). The predicted molar refractivity (Wildman–Crippen MR) is 72.8 cm³/mol. The molecule has 3 nitrogen and oxygen atoms in total. The van der Waals surface area contributed by atoms with Gasteiger partial charge in [-0.2, -0.15) is 0 Å². The Morgan fingerprint density at radius 1 is 1.14 bits per heavy atom. The second-order valence-corrected chi connectivity index (χ2v) is 5.43. The third-order valence-corrected chi connectivity index (χ3v) is 3.76. The van der Waals surface area contributed by atoms with Gasteiger partial charge in [-0.1, -0.05) is 25.0 Å². The monoisotopic (exact) mass is 303 g/mol. The zero-order valence-corrected chi connectivity index (χ0v) is 11.7. The number of rotatable bonds is 5. The molecule has 2 atom stereocenters. The zero-order chi connectivity index (χ0) is 15.3. The first kappa shape index (κ1) is 16.1. The molecule has 1 aromatic rings. The van der Waals surface area contributed by atoms with Crippen LogP contribution in [0.25, 0.3) is 0 Å². The van der Waals surface area contributed by atoms with Crippen molar-refractivity contribution in [3.8, 4) is 5.75 Å². The average molecular weight is 303 g/mol. The van der Waals surface area contributed by atoms with Crippen LogP contribution < -0.4 is 10.1 Å². The van der Waals surface area contributed by atoms with Crippen LogP contribution in [0.1, 0.15) is 31.2 Å². The highest BCUT2D eigenvalue weighted by Crippen LogP contribution is 2.24. The van der Waals surface area contributed by atoms with Gasteiger partial charge in [0, 0.05) is 13.1 Å². The fourth-order valence-electron chi connectivity index (χ4n) is 2.64. The maximum absolute atomic E-state index is 12.0. The molecular formula is C15H20F3NO2. The summed E-state index contributed by atoms with van der Waals surface area (Å²) in [6, 6.07) is 5.82. The van der Waals surface area contributed by atoms with Crippen molar-refractivity contribution >= 4 is 0 Å². The van der Waals surface area contributed by atoms with Gasteiger partial charge in [-0.25, -0.2) is 0 Å². The molecule has 0 heterocycles. The van der Waals surface area contributed by atoms with E-state index in [1.807, 2.05) is 0 Å². The standard InChI is InChI=1S/C15H20F3NO2/c16-15(17,18)21-13-7-5-11(6-8-13)9-19-10-12-3-1-2-4-14(12)20/h5-8,12,14,19-20H,1-4,9-10H2. The van der Waals surface area contributed by atoms with Crippen LogP contribution in [0.4, 0.5) is 13.2 Å². The highest BCUT2D eigenvalue weighted by molar-refractivity contribution is 5.27. The predicted octanol–water partition coefficient (Wildman–Crippen LogP) is 3.23. The fraction of sp³-hybridized carbons (Fsp3) is 0.600. The van der Waals surface area contributed by atoms with Gasteiger partial charge < -0.3 is 15.2 Å². The van der Waals surface area contributed by atoms with Crippen LogP contribution in [0, 0.1) is 5.92 Å². The minimum absolute atomic E-state index is 0.214. The van der Waals surface area contributed by atoms with E-state index in [0.29, 0.717) is 6.54 Å². The minimum atomic E-state index is -4.66. The Hall–Kier alpha value is -1.27. The molecule has 21 heavy (non-hydrogen) atoms. The lowest BCUT2D eigenvalue weighted by Crippen LogP contribution is -2.33. The first-order chi connectivity index (χ1) is 9.94. The van der Waals surface area contributed by atoms with Gasteiger partial charge in [0.15, 0.2) is 0 Å². The van der Waals surface area contributed by atoms with E-state index in [9.17, 15) is 18.3 Å². The van der Waals surface area contributed by atoms with Crippen molar-refractivity contribution in [1.29, 1.82) is 0 Å². The van der Waals surface area contributed by atoms with E-state index in [-0.39, 0.29) is 17.8 Å². The summed E-state index contributed by atoms with van der Waals surface area (Å²) in [5.74, 6) is 0.0561. The van der Waals surface area contributed by atoms with Gasteiger partial charge in [0.1, 0.15) is 5.75 Å². The van der Waals surface area contributed by atoms with E-state index < -0.39 is 6.36 Å². The molecule has 1 saturated carbocycles. The Kier molecular flexibility index (Phi) is 5.47. The van der Waals surface area contributed by atoms with Crippen LogP contribution in [0.15, 0.2) is 24.3 Å². The van der Waals surface area contributed by atoms with Gasteiger partial charge in [0.25, 0.3) is 0 Å². The van der Waals surface area contributed by atoms with Crippen molar-refractivity contribution in [2.45, 2.75) is 44.7 Å². The number of benzene rings is 1. The number of hydrogen-bond donors (Lipinski definition) is 2. The summed E-state index contributed by atoms with van der Waals surface area (Å²) in [6.07, 6.45) is -0.793. The minimum Gasteiger partial charge on any atom is -0.406 e. The summed E-state index contributed by atoms with van der Waals surface area (Å²) in [5, 5.41) is 13.1. The Morgan fingerprint density at radius 3 is 2.43 bits per heavy atom. The van der Waals surface area contributed by atoms with Crippen LogP contribution in [0.2, 0.25) is 0 Å². The number of ether oxygens (including phenoxy) is 1. The lowest BCUT2D eigenvalue weighted by Gasteiger charge is -2.27. The van der Waals surface area contributed by atoms with Gasteiger partial charge in [-0.3, -0.25) is 0 Å². The van der Waals surface area contributed by atoms with E-state index >= 15 is 0 Å². The molecule has 0 aliphatic heterocycles. The SMILES string of the molecule is OC1CCCCC1CNCc1ccc(OC(F)(F)F)cc1. The molecule has 2 unspecified atom stereocenters. The Balaban J connectivity index is 1.76. The molecule has 2 N–H and O–H groups in total. The molecule has 0 aromatic heterocycles. The first-order valence-electron chi connectivity index (χ1n) is 7.17. The van der Waals surface area contributed by atoms with Crippen LogP contribution in [-0.4, -0.2) is 24.1 Å². The number of halogens is 3. The molecule has 0 amide bonds. The highest BCUT2D eigenvalue weighted by atomic mass is 19.4. The zero-order valence-electron chi connectivity index (χ0n) is 11.7. The van der Waals surface area contributed by atoms with Crippen LogP contribution in [0.3, 0.4) is 0 Å². The number of alkyl halides is 3. The Labute approximate surface area is 122 Å². The van der Waals surface area contributed by atoms with Crippen LogP contribution >= 0.6 is 0 Å². The van der Waals surface area contributed by atoms with Crippen molar-refractivity contribution in [1.82, 2.24) is 5.32 Å². The fourth-order valence-corrected chi connectivity index (χ4v) is 2.64. The lowest BCUT2D eigenvalue weighted by atomic mass is 9.86. The number of hydrogen-bond acceptors (Lipinski definition) is 3. The van der Waals surface area contributed by atoms with Crippen molar-refractivity contribution in [2.24, 2.45) is 5.92 Å². The molecule has 1 aliphatic carbocycles. The molecule has 1 fully saturated rings. The Bertz CT molecular complexity index is 434. The average Bonchev–Trinajstić information content (AvgIpc) is 2.41. The molecule has 0 radical (unpaired) electrons. The Morgan fingerprint density at radius 2 is 1.81 bits per heavy atom. The summed E-state index contributed by atoms with van der Waals surface area (Å²) in [6.45, 7) is 1.29. The smallest absolute Gasteiger partial charge is 0.406 e. The summed E-state index contributed by atoms with van der Waals surface area (Å²) in [5.41, 5.74) is 0.884. The topological polar surface area (TPSA) is 41.5 Å². The normalized spacial score (nSPS) is 23.0.